The van der Waals surface area contributed by atoms with Crippen molar-refractivity contribution in [1.29, 1.82) is 0 Å². The predicted octanol–water partition coefficient (Wildman–Crippen LogP) is 12.4. The van der Waals surface area contributed by atoms with Crippen LogP contribution in [0.2, 0.25) is 0 Å². The Hall–Kier alpha value is -1.59. The molecule has 7 unspecified atom stereocenters. The zero-order chi connectivity index (χ0) is 45.9. The topological polar surface area (TPSA) is 149 Å². The lowest BCUT2D eigenvalue weighted by Gasteiger charge is -2.40. The zero-order valence-electron chi connectivity index (χ0n) is 40.8. The van der Waals surface area contributed by atoms with Gasteiger partial charge in [0.2, 0.25) is 5.91 Å². The summed E-state index contributed by atoms with van der Waals surface area (Å²) < 4.78 is 11.2. The number of carbonyl (C=O) groups excluding carboxylic acids is 1. The van der Waals surface area contributed by atoms with Gasteiger partial charge in [0.05, 0.1) is 25.4 Å². The summed E-state index contributed by atoms with van der Waals surface area (Å²) in [5.74, 6) is -0.187. The number of unbranched alkanes of at least 4 members (excludes halogenated alkanes) is 32. The Morgan fingerprint density at radius 3 is 1.37 bits per heavy atom. The number of aliphatic hydroxyl groups excluding tert-OH is 5. The monoisotopic (exact) mass is 892 g/mol. The number of ether oxygens (including phenoxy) is 2. The van der Waals surface area contributed by atoms with Crippen LogP contribution in [0.1, 0.15) is 245 Å². The van der Waals surface area contributed by atoms with Gasteiger partial charge in [0.1, 0.15) is 24.4 Å². The van der Waals surface area contributed by atoms with Crippen LogP contribution in [0.25, 0.3) is 0 Å². The van der Waals surface area contributed by atoms with Gasteiger partial charge in [0.15, 0.2) is 6.29 Å². The standard InChI is InChI=1S/C54H101NO8/c1-3-5-7-9-11-13-15-17-19-20-21-22-23-24-25-26-27-28-30-31-33-35-37-39-41-43-48(57)47(46-62-54-53(61)52(60)51(59)49(45-56)63-54)55-50(58)44-42-40-38-36-34-32-29-18-16-14-12-10-8-6-4-2/h12,14,16,18,41,43,47-49,51-54,56-57,59-61H,3-11,13,15,17,19-40,42,44-46H2,1-2H3,(H,55,58)/b14-12-,18-16-,43-41+. The van der Waals surface area contributed by atoms with Gasteiger partial charge in [-0.05, 0) is 44.9 Å². The second-order valence-electron chi connectivity index (χ2n) is 18.7. The van der Waals surface area contributed by atoms with Gasteiger partial charge in [-0.25, -0.2) is 0 Å². The maximum atomic E-state index is 13.0. The zero-order valence-corrected chi connectivity index (χ0v) is 40.8. The molecule has 0 spiro atoms. The molecule has 9 nitrogen and oxygen atoms in total. The highest BCUT2D eigenvalue weighted by Crippen LogP contribution is 2.23. The van der Waals surface area contributed by atoms with Crippen molar-refractivity contribution < 1.29 is 39.8 Å². The highest BCUT2D eigenvalue weighted by atomic mass is 16.7. The van der Waals surface area contributed by atoms with Gasteiger partial charge >= 0.3 is 0 Å². The number of aliphatic hydroxyl groups is 5. The molecular weight excluding hydrogens is 791 g/mol. The normalized spacial score (nSPS) is 20.4. The minimum absolute atomic E-state index is 0.187. The second kappa shape index (κ2) is 44.3. The third kappa shape index (κ3) is 34.4. The van der Waals surface area contributed by atoms with E-state index in [4.69, 9.17) is 9.47 Å². The number of carbonyl (C=O) groups is 1. The van der Waals surface area contributed by atoms with Crippen LogP contribution in [0.3, 0.4) is 0 Å². The minimum Gasteiger partial charge on any atom is -0.394 e. The highest BCUT2D eigenvalue weighted by Gasteiger charge is 2.44. The number of rotatable bonds is 45. The number of hydrogen-bond acceptors (Lipinski definition) is 8. The smallest absolute Gasteiger partial charge is 0.220 e. The first-order chi connectivity index (χ1) is 30.8. The molecule has 1 saturated heterocycles. The summed E-state index contributed by atoms with van der Waals surface area (Å²) in [6, 6.07) is -0.810. The molecule has 0 saturated carbocycles. The molecule has 370 valence electrons. The average molecular weight is 892 g/mol. The van der Waals surface area contributed by atoms with E-state index in [2.05, 4.69) is 43.5 Å². The van der Waals surface area contributed by atoms with E-state index in [9.17, 15) is 30.3 Å². The molecule has 1 rings (SSSR count). The van der Waals surface area contributed by atoms with Crippen LogP contribution in [0.4, 0.5) is 0 Å². The largest absolute Gasteiger partial charge is 0.394 e. The fourth-order valence-corrected chi connectivity index (χ4v) is 8.44. The molecule has 1 aliphatic heterocycles. The molecule has 0 aromatic carbocycles. The van der Waals surface area contributed by atoms with E-state index in [-0.39, 0.29) is 12.5 Å². The molecule has 1 amide bonds. The lowest BCUT2D eigenvalue weighted by Crippen LogP contribution is -2.60. The number of amides is 1. The molecule has 9 heteroatoms. The summed E-state index contributed by atoms with van der Waals surface area (Å²) in [5.41, 5.74) is 0. The van der Waals surface area contributed by atoms with Gasteiger partial charge in [-0.1, -0.05) is 230 Å². The Morgan fingerprint density at radius 2 is 0.921 bits per heavy atom. The Bertz CT molecular complexity index is 1080. The molecule has 1 heterocycles. The Labute approximate surface area is 387 Å². The summed E-state index contributed by atoms with van der Waals surface area (Å²) in [7, 11) is 0. The molecule has 7 atom stereocenters. The number of allylic oxidation sites excluding steroid dienone is 5. The maximum absolute atomic E-state index is 13.0. The predicted molar refractivity (Wildman–Crippen MR) is 263 cm³/mol. The average Bonchev–Trinajstić information content (AvgIpc) is 3.28. The van der Waals surface area contributed by atoms with Crippen LogP contribution in [-0.2, 0) is 14.3 Å². The van der Waals surface area contributed by atoms with Crippen LogP contribution in [0.15, 0.2) is 36.5 Å². The first kappa shape index (κ1) is 59.4. The first-order valence-corrected chi connectivity index (χ1v) is 26.7. The highest BCUT2D eigenvalue weighted by molar-refractivity contribution is 5.76. The summed E-state index contributed by atoms with van der Waals surface area (Å²) in [6.07, 6.45) is 49.1. The van der Waals surface area contributed by atoms with Crippen LogP contribution >= 0.6 is 0 Å². The maximum Gasteiger partial charge on any atom is 0.220 e. The molecular formula is C54H101NO8. The fourth-order valence-electron chi connectivity index (χ4n) is 8.44. The fraction of sp³-hybridized carbons (Fsp3) is 0.870. The molecule has 63 heavy (non-hydrogen) atoms. The molecule has 0 radical (unpaired) electrons. The van der Waals surface area contributed by atoms with Crippen molar-refractivity contribution in [2.45, 2.75) is 288 Å². The number of nitrogens with one attached hydrogen (secondary N) is 1. The van der Waals surface area contributed by atoms with Gasteiger partial charge in [-0.15, -0.1) is 0 Å². The third-order valence-electron chi connectivity index (χ3n) is 12.7. The van der Waals surface area contributed by atoms with Gasteiger partial charge < -0.3 is 40.3 Å². The Morgan fingerprint density at radius 1 is 0.540 bits per heavy atom. The van der Waals surface area contributed by atoms with Crippen molar-refractivity contribution in [3.63, 3.8) is 0 Å². The summed E-state index contributed by atoms with van der Waals surface area (Å²) >= 11 is 0. The van der Waals surface area contributed by atoms with E-state index in [0.717, 1.165) is 57.8 Å². The van der Waals surface area contributed by atoms with Gasteiger partial charge in [-0.2, -0.15) is 0 Å². The van der Waals surface area contributed by atoms with E-state index >= 15 is 0 Å². The SMILES string of the molecule is CCCCC/C=C\C=C/CCCCCCCCC(=O)NC(COC1OC(CO)C(O)C(O)C1O)C(O)/C=C/CCCCCCCCCCCCCCCCCCCCCCCCC. The van der Waals surface area contributed by atoms with Crippen molar-refractivity contribution in [3.05, 3.63) is 36.5 Å². The van der Waals surface area contributed by atoms with E-state index in [1.807, 2.05) is 6.08 Å². The summed E-state index contributed by atoms with van der Waals surface area (Å²) in [6.45, 7) is 3.75. The molecule has 0 aromatic heterocycles. The molecule has 0 aliphatic carbocycles. The molecule has 0 aromatic rings. The molecule has 1 fully saturated rings. The van der Waals surface area contributed by atoms with E-state index in [0.29, 0.717) is 6.42 Å². The number of hydrogen-bond donors (Lipinski definition) is 6. The van der Waals surface area contributed by atoms with Crippen LogP contribution in [0.5, 0.6) is 0 Å². The van der Waals surface area contributed by atoms with Gasteiger partial charge in [-0.3, -0.25) is 4.79 Å². The Kier molecular flexibility index (Phi) is 41.7. The van der Waals surface area contributed by atoms with Gasteiger partial charge in [0, 0.05) is 6.42 Å². The summed E-state index contributed by atoms with van der Waals surface area (Å²) in [4.78, 5) is 13.0. The lowest BCUT2D eigenvalue weighted by atomic mass is 9.99. The van der Waals surface area contributed by atoms with Crippen LogP contribution < -0.4 is 5.32 Å². The van der Waals surface area contributed by atoms with Gasteiger partial charge in [0.25, 0.3) is 0 Å². The van der Waals surface area contributed by atoms with E-state index in [1.54, 1.807) is 6.08 Å². The first-order valence-electron chi connectivity index (χ1n) is 26.7. The Balaban J connectivity index is 2.25. The van der Waals surface area contributed by atoms with Crippen molar-refractivity contribution >= 4 is 5.91 Å². The van der Waals surface area contributed by atoms with E-state index < -0.39 is 49.5 Å². The van der Waals surface area contributed by atoms with Crippen molar-refractivity contribution in [2.75, 3.05) is 13.2 Å². The third-order valence-corrected chi connectivity index (χ3v) is 12.7. The second-order valence-corrected chi connectivity index (χ2v) is 18.7. The lowest BCUT2D eigenvalue weighted by molar-refractivity contribution is -0.302. The quantitative estimate of drug-likeness (QED) is 0.0201. The minimum atomic E-state index is -1.57. The van der Waals surface area contributed by atoms with Crippen molar-refractivity contribution in [3.8, 4) is 0 Å². The summed E-state index contributed by atoms with van der Waals surface area (Å²) in [5, 5.41) is 54.4. The van der Waals surface area contributed by atoms with Crippen LogP contribution in [-0.4, -0.2) is 87.5 Å². The molecule has 6 N–H and O–H groups in total. The van der Waals surface area contributed by atoms with E-state index in [1.165, 1.54) is 167 Å². The van der Waals surface area contributed by atoms with Crippen LogP contribution in [0, 0.1) is 0 Å². The molecule has 1 aliphatic rings. The van der Waals surface area contributed by atoms with Crippen molar-refractivity contribution in [2.24, 2.45) is 0 Å². The van der Waals surface area contributed by atoms with Crippen molar-refractivity contribution in [1.82, 2.24) is 5.32 Å². The molecule has 0 bridgehead atoms.